The van der Waals surface area contributed by atoms with Crippen LogP contribution in [0.1, 0.15) is 5.56 Å². The molecule has 0 bridgehead atoms. The summed E-state index contributed by atoms with van der Waals surface area (Å²) in [6.07, 6.45) is 0. The first-order valence-corrected chi connectivity index (χ1v) is 5.06. The largest absolute Gasteiger partial charge is 0.395 e. The van der Waals surface area contributed by atoms with Gasteiger partial charge in [-0.1, -0.05) is 12.1 Å². The van der Waals surface area contributed by atoms with Crippen molar-refractivity contribution in [2.45, 2.75) is 6.92 Å². The van der Waals surface area contributed by atoms with Gasteiger partial charge in [-0.05, 0) is 24.6 Å². The third-order valence-corrected chi connectivity index (χ3v) is 2.05. The number of hydrazine groups is 1. The molecule has 0 radical (unpaired) electrons. The van der Waals surface area contributed by atoms with E-state index >= 15 is 0 Å². The first kappa shape index (κ1) is 12.0. The number of nitrogens with one attached hydrogen (secondary N) is 1. The predicted molar refractivity (Wildman–Crippen MR) is 60.5 cm³/mol. The number of rotatable bonds is 6. The second-order valence-corrected chi connectivity index (χ2v) is 3.42. The Balaban J connectivity index is 2.56. The number of aliphatic hydroxyl groups excluding tert-OH is 2. The van der Waals surface area contributed by atoms with Gasteiger partial charge in [-0.2, -0.15) is 0 Å². The molecule has 0 spiro atoms. The summed E-state index contributed by atoms with van der Waals surface area (Å²) >= 11 is 0. The molecular formula is C11H18N2O2. The highest BCUT2D eigenvalue weighted by molar-refractivity contribution is 5.44. The lowest BCUT2D eigenvalue weighted by Gasteiger charge is -2.22. The summed E-state index contributed by atoms with van der Waals surface area (Å²) in [5.74, 6) is 0. The van der Waals surface area contributed by atoms with Gasteiger partial charge in [0.05, 0.1) is 13.2 Å². The summed E-state index contributed by atoms with van der Waals surface area (Å²) in [6.45, 7) is 3.15. The first-order valence-electron chi connectivity index (χ1n) is 5.06. The Morgan fingerprint density at radius 2 is 1.87 bits per heavy atom. The zero-order chi connectivity index (χ0) is 11.1. The van der Waals surface area contributed by atoms with Crippen LogP contribution in [0.15, 0.2) is 24.3 Å². The van der Waals surface area contributed by atoms with Crippen molar-refractivity contribution in [1.29, 1.82) is 0 Å². The summed E-state index contributed by atoms with van der Waals surface area (Å²) in [5, 5.41) is 19.5. The topological polar surface area (TPSA) is 55.7 Å². The van der Waals surface area contributed by atoms with Gasteiger partial charge in [0.1, 0.15) is 0 Å². The van der Waals surface area contributed by atoms with Crippen LogP contribution in [0.4, 0.5) is 5.69 Å². The molecule has 1 aromatic carbocycles. The van der Waals surface area contributed by atoms with Crippen molar-refractivity contribution < 1.29 is 10.2 Å². The average molecular weight is 210 g/mol. The van der Waals surface area contributed by atoms with E-state index < -0.39 is 0 Å². The number of aryl methyl sites for hydroxylation is 1. The molecule has 0 aliphatic carbocycles. The van der Waals surface area contributed by atoms with Crippen molar-refractivity contribution in [3.8, 4) is 0 Å². The second-order valence-electron chi connectivity index (χ2n) is 3.42. The second kappa shape index (κ2) is 6.40. The summed E-state index contributed by atoms with van der Waals surface area (Å²) in [5.41, 5.74) is 5.28. The molecule has 0 amide bonds. The molecule has 84 valence electrons. The van der Waals surface area contributed by atoms with Gasteiger partial charge in [0.15, 0.2) is 0 Å². The monoisotopic (exact) mass is 210 g/mol. The maximum Gasteiger partial charge on any atom is 0.0576 e. The van der Waals surface area contributed by atoms with Gasteiger partial charge in [-0.15, -0.1) is 0 Å². The van der Waals surface area contributed by atoms with Crippen LogP contribution in [0, 0.1) is 6.92 Å². The molecule has 0 unspecified atom stereocenters. The number of aliphatic hydroxyl groups is 2. The maximum atomic E-state index is 8.83. The molecule has 0 aliphatic heterocycles. The number of hydrogen-bond acceptors (Lipinski definition) is 4. The van der Waals surface area contributed by atoms with Gasteiger partial charge >= 0.3 is 0 Å². The zero-order valence-corrected chi connectivity index (χ0v) is 8.98. The molecule has 0 aromatic heterocycles. The fraction of sp³-hybridized carbons (Fsp3) is 0.455. The standard InChI is InChI=1S/C11H18N2O2/c1-10-3-2-4-11(9-10)12-13(5-7-14)6-8-15/h2-4,9,12,14-15H,5-8H2,1H3. The van der Waals surface area contributed by atoms with Crippen molar-refractivity contribution >= 4 is 5.69 Å². The quantitative estimate of drug-likeness (QED) is 0.602. The van der Waals surface area contributed by atoms with E-state index in [1.807, 2.05) is 31.2 Å². The predicted octanol–water partition coefficient (Wildman–Crippen LogP) is 0.609. The lowest BCUT2D eigenvalue weighted by atomic mass is 10.2. The number of benzene rings is 1. The first-order chi connectivity index (χ1) is 7.26. The van der Waals surface area contributed by atoms with E-state index in [0.29, 0.717) is 13.1 Å². The Bertz CT molecular complexity index is 286. The van der Waals surface area contributed by atoms with Gasteiger partial charge in [-0.25, -0.2) is 5.01 Å². The molecule has 0 heterocycles. The molecular weight excluding hydrogens is 192 g/mol. The Hall–Kier alpha value is -1.10. The van der Waals surface area contributed by atoms with Gasteiger partial charge in [0.25, 0.3) is 0 Å². The summed E-state index contributed by atoms with van der Waals surface area (Å²) in [4.78, 5) is 0. The van der Waals surface area contributed by atoms with E-state index in [4.69, 9.17) is 10.2 Å². The SMILES string of the molecule is Cc1cccc(NN(CCO)CCO)c1. The lowest BCUT2D eigenvalue weighted by molar-refractivity contribution is 0.183. The third kappa shape index (κ3) is 4.29. The summed E-state index contributed by atoms with van der Waals surface area (Å²) < 4.78 is 0. The molecule has 0 fully saturated rings. The van der Waals surface area contributed by atoms with Crippen LogP contribution in [0.3, 0.4) is 0 Å². The van der Waals surface area contributed by atoms with Crippen LogP contribution < -0.4 is 5.43 Å². The van der Waals surface area contributed by atoms with Gasteiger partial charge < -0.3 is 15.6 Å². The van der Waals surface area contributed by atoms with Gasteiger partial charge in [0, 0.05) is 18.8 Å². The Morgan fingerprint density at radius 3 is 2.40 bits per heavy atom. The van der Waals surface area contributed by atoms with Crippen molar-refractivity contribution in [1.82, 2.24) is 5.01 Å². The van der Waals surface area contributed by atoms with Crippen LogP contribution >= 0.6 is 0 Å². The lowest BCUT2D eigenvalue weighted by Crippen LogP contribution is -2.35. The molecule has 0 aliphatic rings. The Kier molecular flexibility index (Phi) is 5.10. The van der Waals surface area contributed by atoms with Crippen LogP contribution in [0.2, 0.25) is 0 Å². The third-order valence-electron chi connectivity index (χ3n) is 2.05. The van der Waals surface area contributed by atoms with Crippen molar-refractivity contribution in [2.24, 2.45) is 0 Å². The molecule has 1 rings (SSSR count). The highest BCUT2D eigenvalue weighted by Gasteiger charge is 2.02. The molecule has 4 heteroatoms. The average Bonchev–Trinajstić information content (AvgIpc) is 2.18. The van der Waals surface area contributed by atoms with E-state index in [9.17, 15) is 0 Å². The number of nitrogens with zero attached hydrogens (tertiary/aromatic N) is 1. The van der Waals surface area contributed by atoms with Crippen LogP contribution in [0.5, 0.6) is 0 Å². The van der Waals surface area contributed by atoms with Crippen LogP contribution in [-0.2, 0) is 0 Å². The molecule has 0 saturated carbocycles. The minimum atomic E-state index is 0.0683. The molecule has 15 heavy (non-hydrogen) atoms. The van der Waals surface area contributed by atoms with E-state index in [0.717, 1.165) is 5.69 Å². The smallest absolute Gasteiger partial charge is 0.0576 e. The molecule has 4 nitrogen and oxygen atoms in total. The van der Waals surface area contributed by atoms with E-state index in [1.54, 1.807) is 5.01 Å². The van der Waals surface area contributed by atoms with Crippen molar-refractivity contribution in [3.05, 3.63) is 29.8 Å². The molecule has 0 atom stereocenters. The number of anilines is 1. The molecule has 1 aromatic rings. The van der Waals surface area contributed by atoms with Gasteiger partial charge in [-0.3, -0.25) is 0 Å². The van der Waals surface area contributed by atoms with E-state index in [1.165, 1.54) is 5.56 Å². The Labute approximate surface area is 90.1 Å². The number of hydrogen-bond donors (Lipinski definition) is 3. The summed E-state index contributed by atoms with van der Waals surface area (Å²) in [6, 6.07) is 7.96. The normalized spacial score (nSPS) is 10.7. The van der Waals surface area contributed by atoms with E-state index in [-0.39, 0.29) is 13.2 Å². The van der Waals surface area contributed by atoms with Crippen molar-refractivity contribution in [3.63, 3.8) is 0 Å². The summed E-state index contributed by atoms with van der Waals surface area (Å²) in [7, 11) is 0. The van der Waals surface area contributed by atoms with Gasteiger partial charge in [0.2, 0.25) is 0 Å². The fourth-order valence-corrected chi connectivity index (χ4v) is 1.36. The molecule has 0 saturated heterocycles. The van der Waals surface area contributed by atoms with Crippen molar-refractivity contribution in [2.75, 3.05) is 31.7 Å². The molecule has 3 N–H and O–H groups in total. The highest BCUT2D eigenvalue weighted by atomic mass is 16.3. The minimum Gasteiger partial charge on any atom is -0.395 e. The Morgan fingerprint density at radius 1 is 1.20 bits per heavy atom. The maximum absolute atomic E-state index is 8.83. The van der Waals surface area contributed by atoms with Crippen LogP contribution in [0.25, 0.3) is 0 Å². The minimum absolute atomic E-state index is 0.0683. The van der Waals surface area contributed by atoms with E-state index in [2.05, 4.69) is 5.43 Å². The zero-order valence-electron chi connectivity index (χ0n) is 8.98. The highest BCUT2D eigenvalue weighted by Crippen LogP contribution is 2.10. The fourth-order valence-electron chi connectivity index (χ4n) is 1.36. The van der Waals surface area contributed by atoms with Crippen LogP contribution in [-0.4, -0.2) is 41.5 Å².